The number of carbonyl (C=O) groups is 2. The molecule has 0 radical (unpaired) electrons. The fraction of sp³-hybridized carbons (Fsp3) is 0.600. The van der Waals surface area contributed by atoms with Crippen molar-refractivity contribution in [2.24, 2.45) is 11.1 Å². The Morgan fingerprint density at radius 1 is 1.38 bits per heavy atom. The maximum Gasteiger partial charge on any atom is 0.251 e. The Labute approximate surface area is 129 Å². The molecule has 0 saturated heterocycles. The van der Waals surface area contributed by atoms with Crippen LogP contribution in [0.4, 0.5) is 5.00 Å². The number of hydrogen-bond donors (Lipinski definition) is 2. The van der Waals surface area contributed by atoms with Crippen LogP contribution in [0.3, 0.4) is 0 Å². The van der Waals surface area contributed by atoms with Crippen LogP contribution in [0, 0.1) is 5.41 Å². The van der Waals surface area contributed by atoms with E-state index in [2.05, 4.69) is 17.1 Å². The molecular weight excluding hydrogens is 286 g/mol. The molecule has 1 aliphatic rings. The second-order valence-corrected chi connectivity index (χ2v) is 7.50. The van der Waals surface area contributed by atoms with Crippen LogP contribution in [0.1, 0.15) is 48.5 Å². The molecule has 1 aromatic heterocycles. The number of carbonyl (C=O) groups excluding carboxylic acids is 2. The van der Waals surface area contributed by atoms with Crippen LogP contribution < -0.4 is 11.1 Å². The van der Waals surface area contributed by atoms with E-state index < -0.39 is 11.3 Å². The standard InChI is InChI=1S/C15H23N3O2S/c1-5-18-7-6-9-10(8-18)21-13(11(9)12(16)19)17-14(20)15(2,3)4/h5-8H2,1-4H3,(H2,16,19)(H,17,20). The zero-order valence-corrected chi connectivity index (χ0v) is 13.9. The molecule has 2 amide bonds. The molecule has 0 saturated carbocycles. The van der Waals surface area contributed by atoms with Crippen molar-refractivity contribution in [2.45, 2.75) is 40.7 Å². The minimum atomic E-state index is -0.505. The van der Waals surface area contributed by atoms with Crippen LogP contribution in [-0.2, 0) is 17.8 Å². The lowest BCUT2D eigenvalue weighted by Crippen LogP contribution is -2.30. The molecule has 6 heteroatoms. The predicted octanol–water partition coefficient (Wildman–Crippen LogP) is 2.21. The van der Waals surface area contributed by atoms with Crippen molar-refractivity contribution in [3.63, 3.8) is 0 Å². The molecule has 1 aromatic rings. The number of anilines is 1. The largest absolute Gasteiger partial charge is 0.365 e. The summed E-state index contributed by atoms with van der Waals surface area (Å²) in [4.78, 5) is 27.4. The molecule has 116 valence electrons. The predicted molar refractivity (Wildman–Crippen MR) is 85.6 cm³/mol. The number of nitrogens with two attached hydrogens (primary N) is 1. The number of primary amides is 1. The molecule has 0 aromatic carbocycles. The number of nitrogens with one attached hydrogen (secondary N) is 1. The van der Waals surface area contributed by atoms with Gasteiger partial charge in [-0.2, -0.15) is 0 Å². The van der Waals surface area contributed by atoms with Gasteiger partial charge in [-0.1, -0.05) is 27.7 Å². The summed E-state index contributed by atoms with van der Waals surface area (Å²) < 4.78 is 0. The summed E-state index contributed by atoms with van der Waals surface area (Å²) in [5.74, 6) is -0.558. The quantitative estimate of drug-likeness (QED) is 0.899. The second kappa shape index (κ2) is 5.77. The first-order chi connectivity index (χ1) is 9.74. The van der Waals surface area contributed by atoms with Gasteiger partial charge in [-0.3, -0.25) is 14.5 Å². The van der Waals surface area contributed by atoms with Crippen molar-refractivity contribution in [2.75, 3.05) is 18.4 Å². The van der Waals surface area contributed by atoms with Gasteiger partial charge in [-0.05, 0) is 18.5 Å². The Morgan fingerprint density at radius 3 is 2.57 bits per heavy atom. The van der Waals surface area contributed by atoms with Gasteiger partial charge in [0.15, 0.2) is 0 Å². The lowest BCUT2D eigenvalue weighted by atomic mass is 9.95. The van der Waals surface area contributed by atoms with Crippen LogP contribution in [0.15, 0.2) is 0 Å². The zero-order valence-electron chi connectivity index (χ0n) is 13.1. The highest BCUT2D eigenvalue weighted by molar-refractivity contribution is 7.17. The third-order valence-corrected chi connectivity index (χ3v) is 4.87. The Kier molecular flexibility index (Phi) is 4.39. The van der Waals surface area contributed by atoms with Crippen molar-refractivity contribution in [3.05, 3.63) is 16.0 Å². The van der Waals surface area contributed by atoms with Crippen molar-refractivity contribution >= 4 is 28.2 Å². The Balaban J connectivity index is 2.36. The highest BCUT2D eigenvalue weighted by atomic mass is 32.1. The summed E-state index contributed by atoms with van der Waals surface area (Å²) in [6.07, 6.45) is 0.809. The Hall–Kier alpha value is -1.40. The number of amides is 2. The summed E-state index contributed by atoms with van der Waals surface area (Å²) in [5.41, 5.74) is 6.55. The number of thiophene rings is 1. The summed E-state index contributed by atoms with van der Waals surface area (Å²) in [7, 11) is 0. The number of nitrogens with zero attached hydrogens (tertiary/aromatic N) is 1. The first-order valence-corrected chi connectivity index (χ1v) is 8.03. The fourth-order valence-electron chi connectivity index (χ4n) is 2.37. The first kappa shape index (κ1) is 16.0. The van der Waals surface area contributed by atoms with Gasteiger partial charge in [0, 0.05) is 23.4 Å². The molecular formula is C15H23N3O2S. The summed E-state index contributed by atoms with van der Waals surface area (Å²) in [6, 6.07) is 0. The lowest BCUT2D eigenvalue weighted by Gasteiger charge is -2.25. The van der Waals surface area contributed by atoms with Gasteiger partial charge in [0.05, 0.1) is 5.56 Å². The van der Waals surface area contributed by atoms with Gasteiger partial charge in [0.1, 0.15) is 5.00 Å². The maximum atomic E-state index is 12.2. The molecule has 5 nitrogen and oxygen atoms in total. The van der Waals surface area contributed by atoms with Gasteiger partial charge in [0.2, 0.25) is 5.91 Å². The van der Waals surface area contributed by atoms with E-state index in [9.17, 15) is 9.59 Å². The van der Waals surface area contributed by atoms with E-state index >= 15 is 0 Å². The smallest absolute Gasteiger partial charge is 0.251 e. The molecule has 0 unspecified atom stereocenters. The highest BCUT2D eigenvalue weighted by Gasteiger charge is 2.29. The monoisotopic (exact) mass is 309 g/mol. The minimum absolute atomic E-state index is 0.101. The topological polar surface area (TPSA) is 75.4 Å². The number of fused-ring (bicyclic) bond motifs is 1. The molecule has 2 heterocycles. The SMILES string of the molecule is CCN1CCc2c(sc(NC(=O)C(C)(C)C)c2C(N)=O)C1. The first-order valence-electron chi connectivity index (χ1n) is 7.22. The van der Waals surface area contributed by atoms with Crippen LogP contribution in [0.25, 0.3) is 0 Å². The van der Waals surface area contributed by atoms with E-state index in [1.807, 2.05) is 20.8 Å². The van der Waals surface area contributed by atoms with Crippen LogP contribution in [-0.4, -0.2) is 29.8 Å². The van der Waals surface area contributed by atoms with Gasteiger partial charge >= 0.3 is 0 Å². The number of hydrogen-bond acceptors (Lipinski definition) is 4. The van der Waals surface area contributed by atoms with E-state index in [0.717, 1.165) is 36.5 Å². The maximum absolute atomic E-state index is 12.2. The van der Waals surface area contributed by atoms with Crippen LogP contribution in [0.5, 0.6) is 0 Å². The molecule has 1 aliphatic heterocycles. The summed E-state index contributed by atoms with van der Waals surface area (Å²) in [5, 5.41) is 3.48. The van der Waals surface area contributed by atoms with Crippen molar-refractivity contribution in [1.29, 1.82) is 0 Å². The lowest BCUT2D eigenvalue weighted by molar-refractivity contribution is -0.123. The zero-order chi connectivity index (χ0) is 15.8. The Bertz CT molecular complexity index is 572. The molecule has 21 heavy (non-hydrogen) atoms. The van der Waals surface area contributed by atoms with E-state index in [1.165, 1.54) is 11.3 Å². The van der Waals surface area contributed by atoms with E-state index in [4.69, 9.17) is 5.73 Å². The van der Waals surface area contributed by atoms with Crippen LogP contribution >= 0.6 is 11.3 Å². The fourth-order valence-corrected chi connectivity index (χ4v) is 3.66. The summed E-state index contributed by atoms with van der Waals surface area (Å²) in [6.45, 7) is 10.4. The average Bonchev–Trinajstić information content (AvgIpc) is 2.74. The minimum Gasteiger partial charge on any atom is -0.365 e. The van der Waals surface area contributed by atoms with Gasteiger partial charge < -0.3 is 11.1 Å². The van der Waals surface area contributed by atoms with Gasteiger partial charge in [-0.15, -0.1) is 11.3 Å². The van der Waals surface area contributed by atoms with Crippen molar-refractivity contribution < 1.29 is 9.59 Å². The molecule has 0 fully saturated rings. The highest BCUT2D eigenvalue weighted by Crippen LogP contribution is 2.37. The Morgan fingerprint density at radius 2 is 2.05 bits per heavy atom. The van der Waals surface area contributed by atoms with E-state index in [-0.39, 0.29) is 5.91 Å². The van der Waals surface area contributed by atoms with E-state index in [1.54, 1.807) is 0 Å². The summed E-state index contributed by atoms with van der Waals surface area (Å²) >= 11 is 1.48. The molecule has 0 aliphatic carbocycles. The van der Waals surface area contributed by atoms with Crippen LogP contribution in [0.2, 0.25) is 0 Å². The normalized spacial score (nSPS) is 15.6. The van der Waals surface area contributed by atoms with Crippen molar-refractivity contribution in [3.8, 4) is 0 Å². The number of rotatable bonds is 3. The molecule has 2 rings (SSSR count). The molecule has 0 bridgehead atoms. The molecule has 3 N–H and O–H groups in total. The number of likely N-dealkylation sites (N-methyl/N-ethyl adjacent to an activating group) is 1. The third kappa shape index (κ3) is 3.27. The van der Waals surface area contributed by atoms with Crippen molar-refractivity contribution in [1.82, 2.24) is 4.90 Å². The molecule has 0 atom stereocenters. The van der Waals surface area contributed by atoms with Gasteiger partial charge in [-0.25, -0.2) is 0 Å². The third-order valence-electron chi connectivity index (χ3n) is 3.74. The molecule has 0 spiro atoms. The van der Waals surface area contributed by atoms with Gasteiger partial charge in [0.25, 0.3) is 5.91 Å². The average molecular weight is 309 g/mol. The van der Waals surface area contributed by atoms with E-state index in [0.29, 0.717) is 10.6 Å². The second-order valence-electron chi connectivity index (χ2n) is 6.40.